The van der Waals surface area contributed by atoms with Gasteiger partial charge in [0.25, 0.3) is 5.91 Å². The molecule has 0 unspecified atom stereocenters. The van der Waals surface area contributed by atoms with Gasteiger partial charge in [-0.15, -0.1) is 11.3 Å². The number of aryl methyl sites for hydroxylation is 5. The third-order valence-electron chi connectivity index (χ3n) is 6.73. The second-order valence-electron chi connectivity index (χ2n) is 9.14. The van der Waals surface area contributed by atoms with Crippen LogP contribution in [0.1, 0.15) is 56.0 Å². The standard InChI is InChI=1S/C27H28N4OS/c1-14-11-22(26-29-21-10-8-16(3)18(5)23(21)30-26)31(13-14)27(32)24-25(33-19(6)28-24)20-9-7-15(2)17(4)12-20/h7-10,12,22H,1,11,13H2,2-6H3,(H,29,30)/t22-/m0/s1. The largest absolute Gasteiger partial charge is 0.340 e. The van der Waals surface area contributed by atoms with Gasteiger partial charge in [0.2, 0.25) is 0 Å². The van der Waals surface area contributed by atoms with E-state index >= 15 is 0 Å². The highest BCUT2D eigenvalue weighted by Crippen LogP contribution is 2.38. The van der Waals surface area contributed by atoms with Crippen molar-refractivity contribution in [2.24, 2.45) is 0 Å². The maximum atomic E-state index is 13.9. The van der Waals surface area contributed by atoms with E-state index in [0.717, 1.165) is 43.4 Å². The number of imidazole rings is 1. The molecule has 168 valence electrons. The van der Waals surface area contributed by atoms with Crippen molar-refractivity contribution in [3.8, 4) is 10.4 Å². The van der Waals surface area contributed by atoms with Crippen LogP contribution >= 0.6 is 11.3 Å². The van der Waals surface area contributed by atoms with Crippen LogP contribution in [0.15, 0.2) is 42.5 Å². The minimum Gasteiger partial charge on any atom is -0.340 e. The zero-order chi connectivity index (χ0) is 23.4. The van der Waals surface area contributed by atoms with Crippen LogP contribution in [-0.4, -0.2) is 32.3 Å². The fraction of sp³-hybridized carbons (Fsp3) is 0.296. The molecule has 1 aliphatic heterocycles. The van der Waals surface area contributed by atoms with Crippen LogP contribution in [0.2, 0.25) is 0 Å². The molecule has 3 heterocycles. The van der Waals surface area contributed by atoms with E-state index in [2.05, 4.69) is 74.6 Å². The number of H-pyrrole nitrogens is 1. The summed E-state index contributed by atoms with van der Waals surface area (Å²) in [6.07, 6.45) is 0.700. The molecule has 1 atom stereocenters. The van der Waals surface area contributed by atoms with Gasteiger partial charge in [-0.3, -0.25) is 4.79 Å². The molecule has 1 N–H and O–H groups in total. The fourth-order valence-corrected chi connectivity index (χ4v) is 5.44. The van der Waals surface area contributed by atoms with E-state index in [1.165, 1.54) is 16.7 Å². The SMILES string of the molecule is C=C1C[C@@H](c2nc3c(C)c(C)ccc3[nH]2)N(C(=O)c2nc(C)sc2-c2ccc(C)c(C)c2)C1. The highest BCUT2D eigenvalue weighted by Gasteiger charge is 2.37. The summed E-state index contributed by atoms with van der Waals surface area (Å²) in [6, 6.07) is 10.3. The van der Waals surface area contributed by atoms with Crippen LogP contribution in [0.4, 0.5) is 0 Å². The molecule has 1 amide bonds. The average Bonchev–Trinajstić information content (AvgIpc) is 3.48. The molecule has 33 heavy (non-hydrogen) atoms. The first kappa shape index (κ1) is 21.6. The third kappa shape index (κ3) is 3.68. The van der Waals surface area contributed by atoms with Crippen molar-refractivity contribution < 1.29 is 4.79 Å². The van der Waals surface area contributed by atoms with E-state index in [1.54, 1.807) is 11.3 Å². The predicted molar refractivity (Wildman–Crippen MR) is 135 cm³/mol. The smallest absolute Gasteiger partial charge is 0.274 e. The summed E-state index contributed by atoms with van der Waals surface area (Å²) in [5.74, 6) is 0.745. The summed E-state index contributed by atoms with van der Waals surface area (Å²) >= 11 is 1.57. The van der Waals surface area contributed by atoms with Crippen LogP contribution in [0, 0.1) is 34.6 Å². The molecule has 4 aromatic rings. The van der Waals surface area contributed by atoms with Gasteiger partial charge in [0.05, 0.1) is 27.0 Å². The Morgan fingerprint density at radius 1 is 1.06 bits per heavy atom. The van der Waals surface area contributed by atoms with Crippen LogP contribution in [0.5, 0.6) is 0 Å². The fourth-order valence-electron chi connectivity index (χ4n) is 4.53. The molecule has 0 saturated carbocycles. The number of nitrogens with one attached hydrogen (secondary N) is 1. The van der Waals surface area contributed by atoms with Gasteiger partial charge in [-0.05, 0) is 74.9 Å². The van der Waals surface area contributed by atoms with Gasteiger partial charge >= 0.3 is 0 Å². The molecule has 6 heteroatoms. The Bertz CT molecular complexity index is 1430. The van der Waals surface area contributed by atoms with Crippen LogP contribution in [0.25, 0.3) is 21.5 Å². The number of hydrogen-bond acceptors (Lipinski definition) is 4. The average molecular weight is 457 g/mol. The van der Waals surface area contributed by atoms with Crippen molar-refractivity contribution >= 4 is 28.3 Å². The van der Waals surface area contributed by atoms with E-state index < -0.39 is 0 Å². The molecular formula is C27H28N4OS. The summed E-state index contributed by atoms with van der Waals surface area (Å²) in [5.41, 5.74) is 9.36. The number of amides is 1. The van der Waals surface area contributed by atoms with Gasteiger partial charge in [-0.25, -0.2) is 9.97 Å². The van der Waals surface area contributed by atoms with Gasteiger partial charge < -0.3 is 9.88 Å². The molecule has 0 bridgehead atoms. The normalized spacial score (nSPS) is 16.2. The quantitative estimate of drug-likeness (QED) is 0.364. The lowest BCUT2D eigenvalue weighted by Crippen LogP contribution is -2.31. The number of rotatable bonds is 3. The lowest BCUT2D eigenvalue weighted by Gasteiger charge is -2.22. The van der Waals surface area contributed by atoms with E-state index in [9.17, 15) is 4.79 Å². The number of thiazole rings is 1. The zero-order valence-corrected chi connectivity index (χ0v) is 20.6. The topological polar surface area (TPSA) is 61.9 Å². The molecular weight excluding hydrogens is 428 g/mol. The number of carbonyl (C=O) groups excluding carboxylic acids is 1. The van der Waals surface area contributed by atoms with E-state index in [4.69, 9.17) is 4.98 Å². The number of hydrogen-bond donors (Lipinski definition) is 1. The van der Waals surface area contributed by atoms with E-state index in [1.807, 2.05) is 11.8 Å². The Kier molecular flexibility index (Phi) is 5.20. The van der Waals surface area contributed by atoms with Crippen molar-refractivity contribution in [1.82, 2.24) is 19.9 Å². The van der Waals surface area contributed by atoms with Crippen LogP contribution in [0.3, 0.4) is 0 Å². The maximum absolute atomic E-state index is 13.9. The highest BCUT2D eigenvalue weighted by molar-refractivity contribution is 7.15. The van der Waals surface area contributed by atoms with Crippen molar-refractivity contribution in [2.75, 3.05) is 6.54 Å². The predicted octanol–water partition coefficient (Wildman–Crippen LogP) is 6.37. The minimum atomic E-state index is -0.174. The molecule has 5 rings (SSSR count). The van der Waals surface area contributed by atoms with Crippen molar-refractivity contribution in [3.05, 3.63) is 81.3 Å². The molecule has 1 fully saturated rings. The first-order chi connectivity index (χ1) is 15.7. The molecule has 0 aliphatic carbocycles. The Morgan fingerprint density at radius 3 is 2.58 bits per heavy atom. The summed E-state index contributed by atoms with van der Waals surface area (Å²) in [4.78, 5) is 29.7. The summed E-state index contributed by atoms with van der Waals surface area (Å²) in [5, 5.41) is 0.885. The number of likely N-dealkylation sites (tertiary alicyclic amines) is 1. The molecule has 2 aromatic heterocycles. The Hall–Kier alpha value is -3.25. The van der Waals surface area contributed by atoms with Gasteiger partial charge in [0.15, 0.2) is 0 Å². The lowest BCUT2D eigenvalue weighted by atomic mass is 10.0. The first-order valence-electron chi connectivity index (χ1n) is 11.2. The van der Waals surface area contributed by atoms with Gasteiger partial charge in [0, 0.05) is 6.54 Å². The molecule has 5 nitrogen and oxygen atoms in total. The number of nitrogens with zero attached hydrogens (tertiary/aromatic N) is 3. The number of aromatic nitrogens is 3. The molecule has 2 aromatic carbocycles. The number of carbonyl (C=O) groups is 1. The second-order valence-corrected chi connectivity index (χ2v) is 10.3. The van der Waals surface area contributed by atoms with E-state index in [0.29, 0.717) is 18.7 Å². The molecule has 1 saturated heterocycles. The summed E-state index contributed by atoms with van der Waals surface area (Å²) < 4.78 is 0. The molecule has 0 spiro atoms. The lowest BCUT2D eigenvalue weighted by molar-refractivity contribution is 0.0728. The molecule has 1 aliphatic rings. The van der Waals surface area contributed by atoms with Crippen LogP contribution in [-0.2, 0) is 0 Å². The Morgan fingerprint density at radius 2 is 1.82 bits per heavy atom. The number of aromatic amines is 1. The summed E-state index contributed by atoms with van der Waals surface area (Å²) in [6.45, 7) is 15.0. The monoisotopic (exact) mass is 456 g/mol. The van der Waals surface area contributed by atoms with E-state index in [-0.39, 0.29) is 11.9 Å². The van der Waals surface area contributed by atoms with Crippen molar-refractivity contribution in [3.63, 3.8) is 0 Å². The Labute approximate surface area is 198 Å². The minimum absolute atomic E-state index is 0.0652. The van der Waals surface area contributed by atoms with Gasteiger partial charge in [-0.1, -0.05) is 36.4 Å². The van der Waals surface area contributed by atoms with Crippen molar-refractivity contribution in [1.29, 1.82) is 0 Å². The second kappa shape index (κ2) is 7.96. The summed E-state index contributed by atoms with van der Waals surface area (Å²) in [7, 11) is 0. The highest BCUT2D eigenvalue weighted by atomic mass is 32.1. The number of benzene rings is 2. The van der Waals surface area contributed by atoms with Crippen LogP contribution < -0.4 is 0 Å². The third-order valence-corrected chi connectivity index (χ3v) is 7.75. The first-order valence-corrected chi connectivity index (χ1v) is 12.0. The van der Waals surface area contributed by atoms with Gasteiger partial charge in [-0.2, -0.15) is 0 Å². The maximum Gasteiger partial charge on any atom is 0.274 e. The van der Waals surface area contributed by atoms with Gasteiger partial charge in [0.1, 0.15) is 11.5 Å². The zero-order valence-electron chi connectivity index (χ0n) is 19.7. The molecule has 0 radical (unpaired) electrons. The Balaban J connectivity index is 1.55. The van der Waals surface area contributed by atoms with Crippen molar-refractivity contribution in [2.45, 2.75) is 47.1 Å². The number of fused-ring (bicyclic) bond motifs is 1.